The molecular weight excluding hydrogens is 471 g/mol. The van der Waals surface area contributed by atoms with Gasteiger partial charge in [-0.2, -0.15) is 0 Å². The maximum absolute atomic E-state index is 16.1. The Balaban J connectivity index is 1.49. The molecule has 186 valence electrons. The number of urea groups is 1. The van der Waals surface area contributed by atoms with Crippen molar-refractivity contribution in [3.05, 3.63) is 47.5 Å². The third-order valence-electron chi connectivity index (χ3n) is 7.13. The normalized spacial score (nSPS) is 24.8. The van der Waals surface area contributed by atoms with Gasteiger partial charge in [0.1, 0.15) is 0 Å². The van der Waals surface area contributed by atoms with Crippen molar-refractivity contribution in [3.63, 3.8) is 0 Å². The highest BCUT2D eigenvalue weighted by molar-refractivity contribution is 6.20. The minimum Gasteiger partial charge on any atom is -0.372 e. The molecule has 3 aromatic rings. The van der Waals surface area contributed by atoms with Gasteiger partial charge in [-0.05, 0) is 37.6 Å². The van der Waals surface area contributed by atoms with E-state index in [-0.39, 0.29) is 30.3 Å². The minimum atomic E-state index is -1.70. The van der Waals surface area contributed by atoms with Crippen LogP contribution in [0.1, 0.15) is 25.1 Å². The fourth-order valence-corrected chi connectivity index (χ4v) is 5.75. The summed E-state index contributed by atoms with van der Waals surface area (Å²) < 4.78 is 27.4. The summed E-state index contributed by atoms with van der Waals surface area (Å²) in [5, 5.41) is 12.0. The molecule has 0 unspecified atom stereocenters. The number of amides is 4. The molecule has 3 atom stereocenters. The van der Waals surface area contributed by atoms with Gasteiger partial charge >= 0.3 is 6.03 Å². The summed E-state index contributed by atoms with van der Waals surface area (Å²) >= 11 is 0. The molecule has 2 aromatic heterocycles. The molecule has 0 saturated carbocycles. The van der Waals surface area contributed by atoms with Crippen molar-refractivity contribution < 1.29 is 28.0 Å². The van der Waals surface area contributed by atoms with Crippen LogP contribution < -0.4 is 20.9 Å². The predicted molar refractivity (Wildman–Crippen MR) is 124 cm³/mol. The number of barbiturate groups is 1. The minimum absolute atomic E-state index is 0.0357. The third-order valence-corrected chi connectivity index (χ3v) is 7.13. The number of benzene rings is 1. The van der Waals surface area contributed by atoms with Gasteiger partial charge in [-0.1, -0.05) is 11.2 Å². The first-order valence-electron chi connectivity index (χ1n) is 11.6. The molecule has 11 nitrogen and oxygen atoms in total. The van der Waals surface area contributed by atoms with Crippen LogP contribution in [0.4, 0.5) is 20.7 Å². The van der Waals surface area contributed by atoms with Gasteiger partial charge < -0.3 is 19.5 Å². The van der Waals surface area contributed by atoms with E-state index in [1.165, 1.54) is 0 Å². The summed E-state index contributed by atoms with van der Waals surface area (Å²) in [6, 6.07) is 5.46. The van der Waals surface area contributed by atoms with Gasteiger partial charge in [0.25, 0.3) is 0 Å². The third kappa shape index (κ3) is 3.17. The molecule has 3 aliphatic heterocycles. The van der Waals surface area contributed by atoms with E-state index in [1.54, 1.807) is 30.2 Å². The van der Waals surface area contributed by atoms with Gasteiger partial charge in [0.05, 0.1) is 41.6 Å². The number of nitrogens with zero attached hydrogens (tertiary/aromatic N) is 3. The highest BCUT2D eigenvalue weighted by atomic mass is 19.1. The summed E-state index contributed by atoms with van der Waals surface area (Å²) in [6.45, 7) is 4.14. The molecule has 1 spiro atoms. The van der Waals surface area contributed by atoms with E-state index >= 15 is 4.39 Å². The molecule has 4 amide bonds. The average Bonchev–Trinajstić information content (AvgIpc) is 3.24. The number of ether oxygens (including phenoxy) is 1. The van der Waals surface area contributed by atoms with Gasteiger partial charge in [0.2, 0.25) is 17.4 Å². The number of fused-ring (bicyclic) bond motifs is 5. The molecule has 6 rings (SSSR count). The van der Waals surface area contributed by atoms with Crippen molar-refractivity contribution >= 4 is 40.3 Å². The number of pyridine rings is 1. The number of carbonyl (C=O) groups excluding carboxylic acids is 3. The zero-order chi connectivity index (χ0) is 25.2. The molecule has 36 heavy (non-hydrogen) atoms. The Morgan fingerprint density at radius 1 is 1.22 bits per heavy atom. The van der Waals surface area contributed by atoms with Crippen molar-refractivity contribution in [1.82, 2.24) is 20.8 Å². The number of halogens is 1. The monoisotopic (exact) mass is 494 g/mol. The molecule has 2 saturated heterocycles. The highest BCUT2D eigenvalue weighted by Gasteiger charge is 2.63. The average molecular weight is 494 g/mol. The van der Waals surface area contributed by atoms with E-state index < -0.39 is 41.2 Å². The van der Waals surface area contributed by atoms with Crippen LogP contribution in [0.15, 0.2) is 35.0 Å². The van der Waals surface area contributed by atoms with Gasteiger partial charge in [-0.25, -0.2) is 9.18 Å². The fourth-order valence-electron chi connectivity index (χ4n) is 5.75. The number of aromatic nitrogens is 2. The Morgan fingerprint density at radius 2 is 2.00 bits per heavy atom. The Hall–Kier alpha value is -4.06. The molecule has 2 fully saturated rings. The smallest absolute Gasteiger partial charge is 0.328 e. The zero-order valence-electron chi connectivity index (χ0n) is 19.5. The second kappa shape index (κ2) is 7.98. The molecule has 3 N–H and O–H groups in total. The first-order valence-corrected chi connectivity index (χ1v) is 11.6. The van der Waals surface area contributed by atoms with Crippen molar-refractivity contribution in [3.8, 4) is 0 Å². The fraction of sp³-hybridized carbons (Fsp3) is 0.375. The number of morpholine rings is 1. The summed E-state index contributed by atoms with van der Waals surface area (Å²) in [4.78, 5) is 44.4. The number of hydrogen-bond donors (Lipinski definition) is 3. The number of hydrogen-bond acceptors (Lipinski definition) is 9. The van der Waals surface area contributed by atoms with Gasteiger partial charge in [0.15, 0.2) is 17.1 Å². The summed E-state index contributed by atoms with van der Waals surface area (Å²) in [6.07, 6.45) is 0.635. The highest BCUT2D eigenvalue weighted by Crippen LogP contribution is 2.49. The Bertz CT molecular complexity index is 1390. The lowest BCUT2D eigenvalue weighted by molar-refractivity contribution is -0.153. The van der Waals surface area contributed by atoms with Crippen LogP contribution in [0.25, 0.3) is 11.0 Å². The molecule has 0 bridgehead atoms. The lowest BCUT2D eigenvalue weighted by Crippen LogP contribution is -2.75. The maximum Gasteiger partial charge on any atom is 0.328 e. The van der Waals surface area contributed by atoms with Crippen LogP contribution in [-0.2, 0) is 27.3 Å². The Labute approximate surface area is 204 Å². The number of carbonyl (C=O) groups is 3. The van der Waals surface area contributed by atoms with E-state index in [2.05, 4.69) is 26.1 Å². The van der Waals surface area contributed by atoms with Crippen molar-refractivity contribution in [2.75, 3.05) is 16.8 Å². The first-order chi connectivity index (χ1) is 17.3. The number of anilines is 2. The lowest BCUT2D eigenvalue weighted by Gasteiger charge is -2.55. The number of nitrogens with one attached hydrogen (secondary N) is 3. The molecule has 12 heteroatoms. The van der Waals surface area contributed by atoms with Crippen LogP contribution in [0.3, 0.4) is 0 Å². The lowest BCUT2D eigenvalue weighted by atomic mass is 9.66. The first kappa shape index (κ1) is 22.4. The van der Waals surface area contributed by atoms with Crippen molar-refractivity contribution in [2.24, 2.45) is 5.41 Å². The molecule has 0 radical (unpaired) electrons. The Morgan fingerprint density at radius 3 is 2.72 bits per heavy atom. The Kier molecular flexibility index (Phi) is 4.97. The number of imide groups is 2. The standard InChI is InChI=1S/C24H23FN6O5/c1-11-10-31-17-13(8-24(19(31)12(2)35-11)21(32)28-23(34)29-22(24)33)7-15-18(16(17)25)36-30-20(15)27-9-14-5-3-4-6-26-14/h3-7,11-12,19H,8-10H2,1-2H3,(H,27,30)(H2,28,29,32,33,34)/t11-,12-,19-/m1/s1. The summed E-state index contributed by atoms with van der Waals surface area (Å²) in [5.74, 6) is -1.79. The van der Waals surface area contributed by atoms with Crippen molar-refractivity contribution in [1.29, 1.82) is 0 Å². The molecule has 0 aliphatic carbocycles. The van der Waals surface area contributed by atoms with Crippen LogP contribution in [-0.4, -0.2) is 52.8 Å². The summed E-state index contributed by atoms with van der Waals surface area (Å²) in [5.41, 5.74) is -0.303. The zero-order valence-corrected chi connectivity index (χ0v) is 19.5. The van der Waals surface area contributed by atoms with Crippen molar-refractivity contribution in [2.45, 2.75) is 45.1 Å². The predicted octanol–water partition coefficient (Wildman–Crippen LogP) is 1.86. The van der Waals surface area contributed by atoms with E-state index in [0.29, 0.717) is 23.3 Å². The number of rotatable bonds is 3. The maximum atomic E-state index is 16.1. The SMILES string of the molecule is C[C@@H]1CN2c3c(cc4c(NCc5ccccn5)noc4c3F)CC3(C(=O)NC(=O)NC3=O)[C@H]2[C@@H](C)O1. The van der Waals surface area contributed by atoms with Gasteiger partial charge in [0, 0.05) is 19.2 Å². The van der Waals surface area contributed by atoms with E-state index in [4.69, 9.17) is 9.26 Å². The topological polar surface area (TPSA) is 139 Å². The molecule has 1 aromatic carbocycles. The van der Waals surface area contributed by atoms with Crippen LogP contribution in [0, 0.1) is 11.2 Å². The molecular formula is C24H23FN6O5. The quantitative estimate of drug-likeness (QED) is 0.466. The van der Waals surface area contributed by atoms with E-state index in [9.17, 15) is 14.4 Å². The summed E-state index contributed by atoms with van der Waals surface area (Å²) in [7, 11) is 0. The molecule has 5 heterocycles. The van der Waals surface area contributed by atoms with Crippen LogP contribution in [0.2, 0.25) is 0 Å². The van der Waals surface area contributed by atoms with E-state index in [0.717, 1.165) is 5.69 Å². The second-order valence-electron chi connectivity index (χ2n) is 9.42. The van der Waals surface area contributed by atoms with Gasteiger partial charge in [-0.15, -0.1) is 0 Å². The molecule has 3 aliphatic rings. The largest absolute Gasteiger partial charge is 0.372 e. The van der Waals surface area contributed by atoms with Crippen LogP contribution >= 0.6 is 0 Å². The van der Waals surface area contributed by atoms with E-state index in [1.807, 2.05) is 19.1 Å². The van der Waals surface area contributed by atoms with Crippen LogP contribution in [0.5, 0.6) is 0 Å². The second-order valence-corrected chi connectivity index (χ2v) is 9.42. The van der Waals surface area contributed by atoms with Gasteiger partial charge in [-0.3, -0.25) is 25.2 Å².